The Labute approximate surface area is 114 Å². The molecule has 0 saturated carbocycles. The van der Waals surface area contributed by atoms with Crippen molar-refractivity contribution in [2.45, 2.75) is 13.0 Å². The number of nitrogens with two attached hydrogens (primary N) is 1. The molecule has 0 unspecified atom stereocenters. The van der Waals surface area contributed by atoms with E-state index in [-0.39, 0.29) is 17.1 Å². The molecular weight excluding hydrogens is 265 g/mol. The van der Waals surface area contributed by atoms with E-state index >= 15 is 0 Å². The summed E-state index contributed by atoms with van der Waals surface area (Å²) in [6.45, 7) is 1.35. The summed E-state index contributed by atoms with van der Waals surface area (Å²) in [6.07, 6.45) is -1.07. The highest BCUT2D eigenvalue weighted by Gasteiger charge is 2.20. The zero-order chi connectivity index (χ0) is 14.7. The van der Waals surface area contributed by atoms with Crippen molar-refractivity contribution in [1.82, 2.24) is 0 Å². The minimum Gasteiger partial charge on any atom is -0.449 e. The summed E-state index contributed by atoms with van der Waals surface area (Å²) in [5.74, 6) is -2.00. The number of carbonyl (C=O) groups is 2. The van der Waals surface area contributed by atoms with Crippen molar-refractivity contribution < 1.29 is 23.1 Å². The van der Waals surface area contributed by atoms with Gasteiger partial charge in [-0.3, -0.25) is 4.79 Å². The van der Waals surface area contributed by atoms with E-state index in [0.717, 1.165) is 0 Å². The van der Waals surface area contributed by atoms with E-state index in [0.29, 0.717) is 0 Å². The number of hydrogen-bond acceptors (Lipinski definition) is 4. The van der Waals surface area contributed by atoms with Crippen LogP contribution in [0.1, 0.15) is 17.5 Å². The zero-order valence-electron chi connectivity index (χ0n) is 10.6. The Kier molecular flexibility index (Phi) is 3.84. The Bertz CT molecular complexity index is 650. The first-order chi connectivity index (χ1) is 9.49. The van der Waals surface area contributed by atoms with Gasteiger partial charge in [0.25, 0.3) is 5.91 Å². The van der Waals surface area contributed by atoms with Gasteiger partial charge in [0.2, 0.25) is 5.76 Å². The van der Waals surface area contributed by atoms with E-state index in [1.807, 2.05) is 0 Å². The van der Waals surface area contributed by atoms with Gasteiger partial charge in [0.15, 0.2) is 6.10 Å². The Morgan fingerprint density at radius 2 is 1.95 bits per heavy atom. The van der Waals surface area contributed by atoms with Gasteiger partial charge in [-0.15, -0.1) is 0 Å². The fraction of sp³-hybridized carbons (Fsp3) is 0.143. The molecule has 1 heterocycles. The van der Waals surface area contributed by atoms with Crippen LogP contribution in [0, 0.1) is 5.82 Å². The van der Waals surface area contributed by atoms with E-state index in [1.165, 1.54) is 31.2 Å². The predicted octanol–water partition coefficient (Wildman–Crippen LogP) is 2.12. The maximum Gasteiger partial charge on any atom is 0.375 e. The van der Waals surface area contributed by atoms with Gasteiger partial charge in [-0.25, -0.2) is 9.18 Å². The van der Waals surface area contributed by atoms with Gasteiger partial charge in [-0.1, -0.05) is 12.1 Å². The van der Waals surface area contributed by atoms with Gasteiger partial charge in [0.05, 0.1) is 5.56 Å². The first-order valence-corrected chi connectivity index (χ1v) is 5.84. The molecule has 6 heteroatoms. The van der Waals surface area contributed by atoms with Gasteiger partial charge in [0, 0.05) is 0 Å². The van der Waals surface area contributed by atoms with E-state index in [2.05, 4.69) is 0 Å². The summed E-state index contributed by atoms with van der Waals surface area (Å²) in [6, 6.07) is 8.79. The average Bonchev–Trinajstić information content (AvgIpc) is 2.88. The number of halogens is 1. The Balaban J connectivity index is 2.19. The van der Waals surface area contributed by atoms with Gasteiger partial charge in [-0.05, 0) is 31.2 Å². The number of rotatable bonds is 4. The van der Waals surface area contributed by atoms with Crippen LogP contribution in [0.15, 0.2) is 40.8 Å². The van der Waals surface area contributed by atoms with Crippen LogP contribution in [0.25, 0.3) is 11.3 Å². The van der Waals surface area contributed by atoms with Crippen LogP contribution >= 0.6 is 0 Å². The molecule has 0 aliphatic heterocycles. The molecular formula is C14H12FNO4. The van der Waals surface area contributed by atoms with Crippen LogP contribution < -0.4 is 5.73 Å². The lowest BCUT2D eigenvalue weighted by atomic mass is 10.1. The fourth-order valence-corrected chi connectivity index (χ4v) is 1.53. The first-order valence-electron chi connectivity index (χ1n) is 5.84. The third-order valence-corrected chi connectivity index (χ3v) is 2.63. The van der Waals surface area contributed by atoms with Crippen molar-refractivity contribution in [3.8, 4) is 11.3 Å². The van der Waals surface area contributed by atoms with Crippen molar-refractivity contribution >= 4 is 11.9 Å². The summed E-state index contributed by atoms with van der Waals surface area (Å²) >= 11 is 0. The summed E-state index contributed by atoms with van der Waals surface area (Å²) in [5, 5.41) is 0. The summed E-state index contributed by atoms with van der Waals surface area (Å²) in [7, 11) is 0. The lowest BCUT2D eigenvalue weighted by Gasteiger charge is -2.07. The van der Waals surface area contributed by atoms with Crippen molar-refractivity contribution in [2.24, 2.45) is 5.73 Å². The summed E-state index contributed by atoms with van der Waals surface area (Å²) < 4.78 is 23.6. The molecule has 0 radical (unpaired) electrons. The fourth-order valence-electron chi connectivity index (χ4n) is 1.53. The smallest absolute Gasteiger partial charge is 0.375 e. The molecule has 0 bridgehead atoms. The molecule has 20 heavy (non-hydrogen) atoms. The maximum atomic E-state index is 13.6. The summed E-state index contributed by atoms with van der Waals surface area (Å²) in [5.41, 5.74) is 5.21. The highest BCUT2D eigenvalue weighted by atomic mass is 19.1. The zero-order valence-corrected chi connectivity index (χ0v) is 10.6. The SMILES string of the molecule is C[C@H](OC(=O)c1ccc(-c2ccccc2F)o1)C(N)=O. The van der Waals surface area contributed by atoms with Gasteiger partial charge in [-0.2, -0.15) is 0 Å². The molecule has 0 aliphatic carbocycles. The summed E-state index contributed by atoms with van der Waals surface area (Å²) in [4.78, 5) is 22.5. The van der Waals surface area contributed by atoms with Crippen LogP contribution in [0.4, 0.5) is 4.39 Å². The van der Waals surface area contributed by atoms with Crippen molar-refractivity contribution in [3.05, 3.63) is 48.0 Å². The number of hydrogen-bond donors (Lipinski definition) is 1. The van der Waals surface area contributed by atoms with E-state index < -0.39 is 23.8 Å². The van der Waals surface area contributed by atoms with E-state index in [4.69, 9.17) is 14.9 Å². The van der Waals surface area contributed by atoms with Crippen molar-refractivity contribution in [3.63, 3.8) is 0 Å². The topological polar surface area (TPSA) is 82.5 Å². The molecule has 0 spiro atoms. The standard InChI is InChI=1S/C14H12FNO4/c1-8(13(16)17)19-14(18)12-7-6-11(20-12)9-4-2-3-5-10(9)15/h2-8H,1H3,(H2,16,17)/t8-/m0/s1. The largest absolute Gasteiger partial charge is 0.449 e. The van der Waals surface area contributed by atoms with E-state index in [9.17, 15) is 14.0 Å². The molecule has 5 nitrogen and oxygen atoms in total. The number of furan rings is 1. The molecule has 1 aromatic carbocycles. The van der Waals surface area contributed by atoms with Crippen LogP contribution in [-0.4, -0.2) is 18.0 Å². The molecule has 1 atom stereocenters. The monoisotopic (exact) mass is 277 g/mol. The van der Waals surface area contributed by atoms with Crippen molar-refractivity contribution in [1.29, 1.82) is 0 Å². The Hall–Kier alpha value is -2.63. The van der Waals surface area contributed by atoms with E-state index in [1.54, 1.807) is 12.1 Å². The van der Waals surface area contributed by atoms with Gasteiger partial charge in [0.1, 0.15) is 11.6 Å². The molecule has 2 rings (SSSR count). The minimum absolute atomic E-state index is 0.128. The van der Waals surface area contributed by atoms with Crippen LogP contribution in [0.3, 0.4) is 0 Å². The molecule has 2 N–H and O–H groups in total. The molecule has 0 aliphatic rings. The highest BCUT2D eigenvalue weighted by Crippen LogP contribution is 2.25. The maximum absolute atomic E-state index is 13.6. The second kappa shape index (κ2) is 5.56. The second-order valence-electron chi connectivity index (χ2n) is 4.09. The highest BCUT2D eigenvalue weighted by molar-refractivity contribution is 5.90. The Morgan fingerprint density at radius 1 is 1.25 bits per heavy atom. The lowest BCUT2D eigenvalue weighted by Crippen LogP contribution is -2.30. The third-order valence-electron chi connectivity index (χ3n) is 2.63. The van der Waals surface area contributed by atoms with Crippen LogP contribution in [0.5, 0.6) is 0 Å². The second-order valence-corrected chi connectivity index (χ2v) is 4.09. The molecule has 1 aromatic heterocycles. The quantitative estimate of drug-likeness (QED) is 0.868. The number of benzene rings is 1. The number of esters is 1. The molecule has 1 amide bonds. The van der Waals surface area contributed by atoms with Crippen LogP contribution in [-0.2, 0) is 9.53 Å². The van der Waals surface area contributed by atoms with Gasteiger partial charge >= 0.3 is 5.97 Å². The molecule has 0 fully saturated rings. The van der Waals surface area contributed by atoms with Crippen LogP contribution in [0.2, 0.25) is 0 Å². The molecule has 0 saturated heterocycles. The van der Waals surface area contributed by atoms with Gasteiger partial charge < -0.3 is 14.9 Å². The lowest BCUT2D eigenvalue weighted by molar-refractivity contribution is -0.125. The minimum atomic E-state index is -1.07. The number of carbonyl (C=O) groups excluding carboxylic acids is 2. The number of ether oxygens (including phenoxy) is 1. The molecule has 104 valence electrons. The number of primary amides is 1. The number of amides is 1. The third kappa shape index (κ3) is 2.85. The average molecular weight is 277 g/mol. The molecule has 2 aromatic rings. The van der Waals surface area contributed by atoms with Crippen molar-refractivity contribution in [2.75, 3.05) is 0 Å². The predicted molar refractivity (Wildman–Crippen MR) is 68.2 cm³/mol. The Morgan fingerprint density at radius 3 is 2.60 bits per heavy atom. The first kappa shape index (κ1) is 13.8. The normalized spacial score (nSPS) is 11.9.